The van der Waals surface area contributed by atoms with Crippen molar-refractivity contribution < 1.29 is 31.4 Å². The van der Waals surface area contributed by atoms with Crippen molar-refractivity contribution in [1.29, 1.82) is 0 Å². The molecule has 2 N–H and O–H groups in total. The van der Waals surface area contributed by atoms with E-state index in [2.05, 4.69) is 15.3 Å². The Hall–Kier alpha value is -1.62. The van der Waals surface area contributed by atoms with Crippen molar-refractivity contribution in [2.24, 2.45) is 0 Å². The van der Waals surface area contributed by atoms with Gasteiger partial charge in [-0.2, -0.15) is 26.3 Å². The lowest BCUT2D eigenvalue weighted by Crippen LogP contribution is -2.54. The Morgan fingerprint density at radius 1 is 1.13 bits per heavy atom. The van der Waals surface area contributed by atoms with Gasteiger partial charge in [0.15, 0.2) is 0 Å². The highest BCUT2D eigenvalue weighted by Crippen LogP contribution is 2.49. The number of nitrogens with one attached hydrogen (secondary N) is 1. The zero-order valence-electron chi connectivity index (χ0n) is 11.9. The second kappa shape index (κ2) is 5.78. The van der Waals surface area contributed by atoms with E-state index < -0.39 is 23.5 Å². The second-order valence-corrected chi connectivity index (χ2v) is 5.22. The van der Waals surface area contributed by atoms with Crippen LogP contribution in [0.25, 0.3) is 0 Å². The van der Waals surface area contributed by atoms with Gasteiger partial charge in [-0.25, -0.2) is 9.97 Å². The SMILES string of the molecule is C[C@H]1CNCCN1c1ncc(C(O)(C(F)(F)F)C(F)(F)F)cn1. The van der Waals surface area contributed by atoms with E-state index in [1.165, 1.54) is 0 Å². The number of nitrogens with zero attached hydrogens (tertiary/aromatic N) is 3. The van der Waals surface area contributed by atoms with Crippen LogP contribution in [-0.4, -0.2) is 53.1 Å². The standard InChI is InChI=1S/C12H14F6N4O/c1-7-4-19-2-3-22(7)9-20-5-8(6-21-9)10(23,11(13,14)15)12(16,17)18/h5-7,19,23H,2-4H2,1H3/t7-/m0/s1. The molecular weight excluding hydrogens is 330 g/mol. The maximum Gasteiger partial charge on any atom is 0.430 e. The molecule has 0 unspecified atom stereocenters. The van der Waals surface area contributed by atoms with Gasteiger partial charge in [-0.15, -0.1) is 0 Å². The molecular formula is C12H14F6N4O. The molecule has 0 radical (unpaired) electrons. The summed E-state index contributed by atoms with van der Waals surface area (Å²) >= 11 is 0. The number of aromatic nitrogens is 2. The number of aliphatic hydroxyl groups is 1. The van der Waals surface area contributed by atoms with E-state index in [1.807, 2.05) is 6.92 Å². The summed E-state index contributed by atoms with van der Waals surface area (Å²) in [4.78, 5) is 8.80. The van der Waals surface area contributed by atoms with Gasteiger partial charge in [0.1, 0.15) is 0 Å². The van der Waals surface area contributed by atoms with Gasteiger partial charge >= 0.3 is 12.4 Å². The van der Waals surface area contributed by atoms with Crippen molar-refractivity contribution in [1.82, 2.24) is 15.3 Å². The molecule has 5 nitrogen and oxygen atoms in total. The largest absolute Gasteiger partial charge is 0.430 e. The Labute approximate surface area is 127 Å². The molecule has 1 fully saturated rings. The molecule has 0 bridgehead atoms. The maximum atomic E-state index is 12.8. The monoisotopic (exact) mass is 344 g/mol. The summed E-state index contributed by atoms with van der Waals surface area (Å²) in [6, 6.07) is -0.0706. The fraction of sp³-hybridized carbons (Fsp3) is 0.667. The molecule has 1 aliphatic rings. The smallest absolute Gasteiger partial charge is 0.369 e. The molecule has 1 aromatic rings. The van der Waals surface area contributed by atoms with E-state index >= 15 is 0 Å². The third-order valence-electron chi connectivity index (χ3n) is 3.63. The topological polar surface area (TPSA) is 61.3 Å². The number of hydrogen-bond donors (Lipinski definition) is 2. The van der Waals surface area contributed by atoms with Crippen molar-refractivity contribution in [2.75, 3.05) is 24.5 Å². The fourth-order valence-corrected chi connectivity index (χ4v) is 2.28. The third-order valence-corrected chi connectivity index (χ3v) is 3.63. The Balaban J connectivity index is 2.37. The average Bonchev–Trinajstić information content (AvgIpc) is 2.45. The molecule has 0 spiro atoms. The van der Waals surface area contributed by atoms with Crippen LogP contribution in [0.15, 0.2) is 12.4 Å². The number of rotatable bonds is 2. The summed E-state index contributed by atoms with van der Waals surface area (Å²) in [6.07, 6.45) is -11.2. The first-order valence-corrected chi connectivity index (χ1v) is 6.64. The van der Waals surface area contributed by atoms with E-state index in [1.54, 1.807) is 4.90 Å². The van der Waals surface area contributed by atoms with E-state index in [0.29, 0.717) is 32.0 Å². The molecule has 0 saturated carbocycles. The van der Waals surface area contributed by atoms with Gasteiger partial charge < -0.3 is 15.3 Å². The predicted molar refractivity (Wildman–Crippen MR) is 67.7 cm³/mol. The summed E-state index contributed by atoms with van der Waals surface area (Å²) in [6.45, 7) is 3.44. The molecule has 23 heavy (non-hydrogen) atoms. The van der Waals surface area contributed by atoms with Crippen molar-refractivity contribution in [3.05, 3.63) is 18.0 Å². The first-order chi connectivity index (χ1) is 10.5. The highest BCUT2D eigenvalue weighted by molar-refractivity contribution is 5.34. The van der Waals surface area contributed by atoms with Crippen LogP contribution >= 0.6 is 0 Å². The molecule has 2 rings (SSSR count). The lowest BCUT2D eigenvalue weighted by atomic mass is 9.95. The summed E-state index contributed by atoms with van der Waals surface area (Å²) < 4.78 is 76.6. The average molecular weight is 344 g/mol. The van der Waals surface area contributed by atoms with Crippen LogP contribution < -0.4 is 10.2 Å². The van der Waals surface area contributed by atoms with E-state index in [-0.39, 0.29) is 12.0 Å². The minimum absolute atomic E-state index is 0.00875. The molecule has 1 aliphatic heterocycles. The Morgan fingerprint density at radius 2 is 1.65 bits per heavy atom. The predicted octanol–water partition coefficient (Wildman–Crippen LogP) is 1.59. The number of piperazine rings is 1. The summed E-state index contributed by atoms with van der Waals surface area (Å²) in [5.74, 6) is 0.00875. The highest BCUT2D eigenvalue weighted by Gasteiger charge is 2.71. The molecule has 2 heterocycles. The van der Waals surface area contributed by atoms with Gasteiger partial charge in [0.2, 0.25) is 5.95 Å². The van der Waals surface area contributed by atoms with Crippen LogP contribution in [0.4, 0.5) is 32.3 Å². The van der Waals surface area contributed by atoms with E-state index in [4.69, 9.17) is 0 Å². The van der Waals surface area contributed by atoms with E-state index in [9.17, 15) is 31.4 Å². The minimum Gasteiger partial charge on any atom is -0.369 e. The van der Waals surface area contributed by atoms with Crippen LogP contribution in [-0.2, 0) is 5.60 Å². The minimum atomic E-state index is -5.95. The lowest BCUT2D eigenvalue weighted by molar-refractivity contribution is -0.376. The van der Waals surface area contributed by atoms with Gasteiger partial charge in [0, 0.05) is 43.6 Å². The van der Waals surface area contributed by atoms with Crippen molar-refractivity contribution in [3.63, 3.8) is 0 Å². The van der Waals surface area contributed by atoms with Crippen molar-refractivity contribution in [3.8, 4) is 0 Å². The quantitative estimate of drug-likeness (QED) is 0.798. The van der Waals surface area contributed by atoms with Crippen LogP contribution in [0, 0.1) is 0 Å². The zero-order valence-corrected chi connectivity index (χ0v) is 11.9. The number of hydrogen-bond acceptors (Lipinski definition) is 5. The van der Waals surface area contributed by atoms with Crippen molar-refractivity contribution in [2.45, 2.75) is 30.9 Å². The molecule has 11 heteroatoms. The third kappa shape index (κ3) is 3.07. The van der Waals surface area contributed by atoms with Crippen LogP contribution in [0.5, 0.6) is 0 Å². The summed E-state index contributed by atoms with van der Waals surface area (Å²) in [7, 11) is 0. The lowest BCUT2D eigenvalue weighted by Gasteiger charge is -2.35. The van der Waals surface area contributed by atoms with Crippen molar-refractivity contribution >= 4 is 5.95 Å². The molecule has 130 valence electrons. The molecule has 0 aromatic carbocycles. The van der Waals surface area contributed by atoms with Gasteiger partial charge in [0.25, 0.3) is 5.60 Å². The Kier molecular flexibility index (Phi) is 4.46. The Morgan fingerprint density at radius 3 is 2.09 bits per heavy atom. The molecule has 1 aromatic heterocycles. The molecule has 0 aliphatic carbocycles. The summed E-state index contributed by atoms with van der Waals surface area (Å²) in [5.41, 5.74) is -6.47. The molecule has 1 atom stereocenters. The van der Waals surface area contributed by atoms with E-state index in [0.717, 1.165) is 0 Å². The maximum absolute atomic E-state index is 12.8. The van der Waals surface area contributed by atoms with Gasteiger partial charge in [-0.05, 0) is 6.92 Å². The van der Waals surface area contributed by atoms with Crippen LogP contribution in [0.2, 0.25) is 0 Å². The van der Waals surface area contributed by atoms with Gasteiger partial charge in [-0.3, -0.25) is 0 Å². The Bertz CT molecular complexity index is 530. The first kappa shape index (κ1) is 17.7. The first-order valence-electron chi connectivity index (χ1n) is 6.64. The summed E-state index contributed by atoms with van der Waals surface area (Å²) in [5, 5.41) is 12.3. The highest BCUT2D eigenvalue weighted by atomic mass is 19.4. The zero-order chi connectivity index (χ0) is 17.5. The molecule has 1 saturated heterocycles. The number of alkyl halides is 6. The van der Waals surface area contributed by atoms with Gasteiger partial charge in [0.05, 0.1) is 0 Å². The van der Waals surface area contributed by atoms with Crippen LogP contribution in [0.1, 0.15) is 12.5 Å². The molecule has 0 amide bonds. The number of anilines is 1. The second-order valence-electron chi connectivity index (χ2n) is 5.22. The normalized spacial score (nSPS) is 20.7. The fourth-order valence-electron chi connectivity index (χ4n) is 2.28. The number of halogens is 6. The van der Waals surface area contributed by atoms with Gasteiger partial charge in [-0.1, -0.05) is 0 Å². The van der Waals surface area contributed by atoms with Crippen LogP contribution in [0.3, 0.4) is 0 Å².